The van der Waals surface area contributed by atoms with E-state index in [1.165, 1.54) is 12.7 Å². The van der Waals surface area contributed by atoms with Crippen molar-refractivity contribution in [2.75, 3.05) is 53.2 Å². The van der Waals surface area contributed by atoms with Gasteiger partial charge in [-0.25, -0.2) is 0 Å². The fraction of sp³-hybridized carbons (Fsp3) is 0.652. The second-order valence-corrected chi connectivity index (χ2v) is 8.57. The summed E-state index contributed by atoms with van der Waals surface area (Å²) in [5.74, 6) is 1.59. The van der Waals surface area contributed by atoms with Gasteiger partial charge in [-0.05, 0) is 37.0 Å². The maximum atomic E-state index is 12.6. The highest BCUT2D eigenvalue weighted by Crippen LogP contribution is 2.33. The maximum Gasteiger partial charge on any atom is 0.305 e. The number of rotatable bonds is 7. The van der Waals surface area contributed by atoms with Crippen LogP contribution in [0.4, 0.5) is 0 Å². The van der Waals surface area contributed by atoms with Crippen molar-refractivity contribution in [1.29, 1.82) is 0 Å². The molecule has 1 unspecified atom stereocenters. The summed E-state index contributed by atoms with van der Waals surface area (Å²) in [4.78, 5) is 30.8. The van der Waals surface area contributed by atoms with E-state index in [0.717, 1.165) is 70.2 Å². The number of benzene rings is 1. The molecular weight excluding hydrogens is 398 g/mol. The van der Waals surface area contributed by atoms with E-state index in [4.69, 9.17) is 9.47 Å². The third kappa shape index (κ3) is 5.68. The lowest BCUT2D eigenvalue weighted by molar-refractivity contribution is -0.141. The number of esters is 1. The van der Waals surface area contributed by atoms with E-state index in [9.17, 15) is 9.59 Å². The predicted molar refractivity (Wildman–Crippen MR) is 115 cm³/mol. The lowest BCUT2D eigenvalue weighted by atomic mass is 10.0. The van der Waals surface area contributed by atoms with Gasteiger partial charge >= 0.3 is 5.97 Å². The molecule has 1 atom stereocenters. The van der Waals surface area contributed by atoms with Crippen LogP contribution in [0.2, 0.25) is 0 Å². The number of hydrogen-bond acceptors (Lipinski definition) is 7. The summed E-state index contributed by atoms with van der Waals surface area (Å²) < 4.78 is 15.5. The molecule has 31 heavy (non-hydrogen) atoms. The van der Waals surface area contributed by atoms with E-state index < -0.39 is 0 Å². The van der Waals surface area contributed by atoms with Gasteiger partial charge in [0.25, 0.3) is 0 Å². The molecule has 0 bridgehead atoms. The van der Waals surface area contributed by atoms with E-state index in [0.29, 0.717) is 32.1 Å². The molecule has 0 radical (unpaired) electrons. The minimum absolute atomic E-state index is 0.162. The Labute approximate surface area is 184 Å². The van der Waals surface area contributed by atoms with E-state index in [1.54, 1.807) is 0 Å². The van der Waals surface area contributed by atoms with E-state index >= 15 is 0 Å². The summed E-state index contributed by atoms with van der Waals surface area (Å²) in [5.41, 5.74) is 1.25. The second-order valence-electron chi connectivity index (χ2n) is 8.57. The molecule has 1 aromatic carbocycles. The van der Waals surface area contributed by atoms with E-state index in [2.05, 4.69) is 26.7 Å². The van der Waals surface area contributed by atoms with Crippen LogP contribution in [0.25, 0.3) is 0 Å². The summed E-state index contributed by atoms with van der Waals surface area (Å²) in [7, 11) is 1.38. The Balaban J connectivity index is 1.21. The molecule has 3 aliphatic rings. The number of amides is 1. The predicted octanol–water partition coefficient (Wildman–Crippen LogP) is 1.87. The van der Waals surface area contributed by atoms with Crippen LogP contribution in [-0.2, 0) is 20.9 Å². The van der Waals surface area contributed by atoms with Crippen molar-refractivity contribution >= 4 is 11.9 Å². The molecule has 0 saturated carbocycles. The van der Waals surface area contributed by atoms with Crippen molar-refractivity contribution in [2.24, 2.45) is 0 Å². The standard InChI is InChI=1S/C23H33N3O5/c1-29-23(28)6-2-5-22(27)26-9-3-4-19(16-26)25-12-10-24(11-13-25)15-18-7-8-20-21(14-18)31-17-30-20/h7-8,14,19H,2-6,9-13,15-17H2,1H3. The SMILES string of the molecule is COC(=O)CCCC(=O)N1CCCC(N2CCN(Cc3ccc4c(c3)OCO4)CC2)C1. The molecule has 8 heteroatoms. The first-order chi connectivity index (χ1) is 15.1. The van der Waals surface area contributed by atoms with Crippen LogP contribution in [0, 0.1) is 0 Å². The van der Waals surface area contributed by atoms with E-state index in [-0.39, 0.29) is 11.9 Å². The Morgan fingerprint density at radius 1 is 1.06 bits per heavy atom. The van der Waals surface area contributed by atoms with Gasteiger partial charge in [0.05, 0.1) is 7.11 Å². The Hall–Kier alpha value is -2.32. The molecule has 4 rings (SSSR count). The first kappa shape index (κ1) is 21.9. The number of carbonyl (C=O) groups is 2. The van der Waals surface area contributed by atoms with Crippen LogP contribution in [-0.4, -0.2) is 85.8 Å². The van der Waals surface area contributed by atoms with Crippen molar-refractivity contribution in [3.8, 4) is 11.5 Å². The zero-order valence-electron chi connectivity index (χ0n) is 18.4. The van der Waals surface area contributed by atoms with Gasteiger partial charge < -0.3 is 19.1 Å². The summed E-state index contributed by atoms with van der Waals surface area (Å²) in [6, 6.07) is 6.63. The fourth-order valence-electron chi connectivity index (χ4n) is 4.71. The molecule has 0 N–H and O–H groups in total. The lowest BCUT2D eigenvalue weighted by Crippen LogP contribution is -2.55. The first-order valence-corrected chi connectivity index (χ1v) is 11.3. The highest BCUT2D eigenvalue weighted by Gasteiger charge is 2.30. The van der Waals surface area contributed by atoms with Gasteiger partial charge in [-0.2, -0.15) is 0 Å². The second kappa shape index (κ2) is 10.3. The third-order valence-electron chi connectivity index (χ3n) is 6.51. The Bertz CT molecular complexity index is 778. The fourth-order valence-corrected chi connectivity index (χ4v) is 4.71. The maximum absolute atomic E-state index is 12.6. The quantitative estimate of drug-likeness (QED) is 0.611. The number of piperazine rings is 1. The van der Waals surface area contributed by atoms with Crippen molar-refractivity contribution < 1.29 is 23.8 Å². The van der Waals surface area contributed by atoms with Crippen LogP contribution < -0.4 is 9.47 Å². The van der Waals surface area contributed by atoms with Crippen molar-refractivity contribution in [2.45, 2.75) is 44.7 Å². The largest absolute Gasteiger partial charge is 0.469 e. The highest BCUT2D eigenvalue weighted by molar-refractivity contribution is 5.77. The number of nitrogens with zero attached hydrogens (tertiary/aromatic N) is 3. The topological polar surface area (TPSA) is 71.6 Å². The molecule has 0 aliphatic carbocycles. The number of ether oxygens (including phenoxy) is 3. The van der Waals surface area contributed by atoms with Crippen LogP contribution in [0.15, 0.2) is 18.2 Å². The molecule has 2 saturated heterocycles. The zero-order valence-corrected chi connectivity index (χ0v) is 18.4. The molecule has 1 aromatic rings. The van der Waals surface area contributed by atoms with E-state index in [1.807, 2.05) is 11.0 Å². The molecule has 0 aromatic heterocycles. The average molecular weight is 432 g/mol. The van der Waals surface area contributed by atoms with Crippen LogP contribution in [0.3, 0.4) is 0 Å². The third-order valence-corrected chi connectivity index (χ3v) is 6.51. The number of likely N-dealkylation sites (tertiary alicyclic amines) is 1. The zero-order chi connectivity index (χ0) is 21.6. The molecule has 3 heterocycles. The number of carbonyl (C=O) groups excluding carboxylic acids is 2. The Morgan fingerprint density at radius 2 is 1.87 bits per heavy atom. The monoisotopic (exact) mass is 431 g/mol. The summed E-state index contributed by atoms with van der Waals surface area (Å²) in [6.45, 7) is 6.97. The lowest BCUT2D eigenvalue weighted by Gasteiger charge is -2.43. The summed E-state index contributed by atoms with van der Waals surface area (Å²) in [5, 5.41) is 0. The van der Waals surface area contributed by atoms with Crippen molar-refractivity contribution in [3.63, 3.8) is 0 Å². The minimum atomic E-state index is -0.247. The molecule has 8 nitrogen and oxygen atoms in total. The average Bonchev–Trinajstić information content (AvgIpc) is 3.27. The molecule has 1 amide bonds. The van der Waals surface area contributed by atoms with Gasteiger partial charge in [-0.1, -0.05) is 6.07 Å². The van der Waals surface area contributed by atoms with Crippen molar-refractivity contribution in [3.05, 3.63) is 23.8 Å². The first-order valence-electron chi connectivity index (χ1n) is 11.3. The smallest absolute Gasteiger partial charge is 0.305 e. The van der Waals surface area contributed by atoms with Crippen molar-refractivity contribution in [1.82, 2.24) is 14.7 Å². The normalized spacial score (nSPS) is 21.8. The number of methoxy groups -OCH3 is 1. The number of piperidine rings is 1. The van der Waals surface area contributed by atoms with Gasteiger partial charge in [-0.3, -0.25) is 19.4 Å². The minimum Gasteiger partial charge on any atom is -0.469 e. The Morgan fingerprint density at radius 3 is 2.68 bits per heavy atom. The van der Waals surface area contributed by atoms with Crippen LogP contribution >= 0.6 is 0 Å². The molecule has 2 fully saturated rings. The number of fused-ring (bicyclic) bond motifs is 1. The summed E-state index contributed by atoms with van der Waals surface area (Å²) in [6.07, 6.45) is 3.49. The van der Waals surface area contributed by atoms with Gasteiger partial charge in [0.1, 0.15) is 0 Å². The highest BCUT2D eigenvalue weighted by atomic mass is 16.7. The van der Waals surface area contributed by atoms with Gasteiger partial charge in [0.2, 0.25) is 12.7 Å². The number of hydrogen-bond donors (Lipinski definition) is 0. The van der Waals surface area contributed by atoms with Gasteiger partial charge in [-0.15, -0.1) is 0 Å². The van der Waals surface area contributed by atoms with Gasteiger partial charge in [0.15, 0.2) is 11.5 Å². The summed E-state index contributed by atoms with van der Waals surface area (Å²) >= 11 is 0. The van der Waals surface area contributed by atoms with Crippen LogP contribution in [0.1, 0.15) is 37.7 Å². The van der Waals surface area contributed by atoms with Gasteiger partial charge in [0, 0.05) is 64.7 Å². The molecular formula is C23H33N3O5. The molecule has 170 valence electrons. The Kier molecular flexibility index (Phi) is 7.29. The molecule has 3 aliphatic heterocycles. The molecule has 0 spiro atoms. The van der Waals surface area contributed by atoms with Crippen LogP contribution in [0.5, 0.6) is 11.5 Å².